The van der Waals surface area contributed by atoms with Gasteiger partial charge in [-0.1, -0.05) is 31.2 Å². The van der Waals surface area contributed by atoms with Crippen LogP contribution in [0.1, 0.15) is 49.2 Å². The van der Waals surface area contributed by atoms with Gasteiger partial charge in [0, 0.05) is 25.5 Å². The molecule has 0 fully saturated rings. The number of aromatic nitrogens is 2. The van der Waals surface area contributed by atoms with E-state index in [9.17, 15) is 9.59 Å². The summed E-state index contributed by atoms with van der Waals surface area (Å²) in [7, 11) is 1.63. The highest BCUT2D eigenvalue weighted by atomic mass is 16.5. The first-order valence-electron chi connectivity index (χ1n) is 11.7. The third-order valence-electron chi connectivity index (χ3n) is 6.37. The van der Waals surface area contributed by atoms with Crippen LogP contribution in [-0.4, -0.2) is 28.7 Å². The van der Waals surface area contributed by atoms with Gasteiger partial charge >= 0.3 is 5.97 Å². The summed E-state index contributed by atoms with van der Waals surface area (Å²) in [6, 6.07) is 13.4. The second-order valence-corrected chi connectivity index (χ2v) is 8.51. The fraction of sp³-hybridized carbons (Fsp3) is 0.370. The van der Waals surface area contributed by atoms with Crippen LogP contribution in [0.5, 0.6) is 5.75 Å². The van der Waals surface area contributed by atoms with Crippen molar-refractivity contribution in [1.82, 2.24) is 9.55 Å². The van der Waals surface area contributed by atoms with Crippen LogP contribution in [0.3, 0.4) is 0 Å². The number of ether oxygens (including phenoxy) is 2. The van der Waals surface area contributed by atoms with Gasteiger partial charge in [-0.3, -0.25) is 14.2 Å². The van der Waals surface area contributed by atoms with Crippen molar-refractivity contribution in [3.63, 3.8) is 0 Å². The van der Waals surface area contributed by atoms with Crippen molar-refractivity contribution in [1.29, 1.82) is 0 Å². The first kappa shape index (κ1) is 23.5. The van der Waals surface area contributed by atoms with Gasteiger partial charge in [-0.25, -0.2) is 4.98 Å². The molecule has 7 nitrogen and oxygen atoms in total. The highest BCUT2D eigenvalue weighted by molar-refractivity contribution is 5.67. The van der Waals surface area contributed by atoms with Crippen LogP contribution in [0.2, 0.25) is 0 Å². The first-order chi connectivity index (χ1) is 16.4. The van der Waals surface area contributed by atoms with Crippen molar-refractivity contribution in [2.75, 3.05) is 12.4 Å². The SMILES string of the molecule is CCc1nc(-c2ccc(OC)cc2C)n(CC)c(=O)c1NC1c2ccccc2C[C@@H]1OC(C)=O. The van der Waals surface area contributed by atoms with Gasteiger partial charge in [-0.15, -0.1) is 0 Å². The quantitative estimate of drug-likeness (QED) is 0.524. The Morgan fingerprint density at radius 1 is 1.21 bits per heavy atom. The van der Waals surface area contributed by atoms with Gasteiger partial charge in [-0.2, -0.15) is 0 Å². The molecule has 0 saturated carbocycles. The Kier molecular flexibility index (Phi) is 6.72. The van der Waals surface area contributed by atoms with Gasteiger partial charge in [0.25, 0.3) is 5.56 Å². The average Bonchev–Trinajstić information content (AvgIpc) is 3.16. The molecular weight excluding hydrogens is 430 g/mol. The molecule has 1 unspecified atom stereocenters. The number of nitrogens with zero attached hydrogens (tertiary/aromatic N) is 2. The third-order valence-corrected chi connectivity index (χ3v) is 6.37. The van der Waals surface area contributed by atoms with Crippen LogP contribution in [0.25, 0.3) is 11.4 Å². The lowest BCUT2D eigenvalue weighted by Crippen LogP contribution is -2.33. The topological polar surface area (TPSA) is 82.5 Å². The Balaban J connectivity index is 1.81. The van der Waals surface area contributed by atoms with Gasteiger partial charge in [-0.05, 0) is 55.2 Å². The molecule has 2 atom stereocenters. The Bertz CT molecular complexity index is 1280. The number of carbonyl (C=O) groups is 1. The minimum Gasteiger partial charge on any atom is -0.497 e. The minimum absolute atomic E-state index is 0.134. The standard InChI is InChI=1S/C27H31N3O4/c1-6-22-25(29-24-21-11-9-8-10-18(21)15-23(24)34-17(4)31)27(32)30(7-2)26(28-22)20-13-12-19(33-5)14-16(20)3/h8-14,23-24,29H,6-7,15H2,1-5H3/t23-,24?/m0/s1. The zero-order chi connectivity index (χ0) is 24.4. The second-order valence-electron chi connectivity index (χ2n) is 8.51. The number of rotatable bonds is 7. The van der Waals surface area contributed by atoms with Crippen LogP contribution in [0.15, 0.2) is 47.3 Å². The number of aryl methyl sites for hydroxylation is 2. The molecule has 0 amide bonds. The summed E-state index contributed by atoms with van der Waals surface area (Å²) in [6.45, 7) is 7.80. The highest BCUT2D eigenvalue weighted by Gasteiger charge is 2.36. The lowest BCUT2D eigenvalue weighted by molar-refractivity contribution is -0.146. The molecule has 0 spiro atoms. The van der Waals surface area contributed by atoms with E-state index in [1.54, 1.807) is 11.7 Å². The van der Waals surface area contributed by atoms with E-state index in [0.717, 1.165) is 28.0 Å². The number of carbonyl (C=O) groups excluding carboxylic acids is 1. The zero-order valence-corrected chi connectivity index (χ0v) is 20.3. The van der Waals surface area contributed by atoms with Gasteiger partial charge in [0.1, 0.15) is 23.4 Å². The van der Waals surface area contributed by atoms with Crippen LogP contribution >= 0.6 is 0 Å². The number of fused-ring (bicyclic) bond motifs is 1. The van der Waals surface area contributed by atoms with Gasteiger partial charge in [0.2, 0.25) is 0 Å². The summed E-state index contributed by atoms with van der Waals surface area (Å²) in [6.07, 6.45) is 0.794. The van der Waals surface area contributed by atoms with E-state index < -0.39 is 6.10 Å². The molecule has 0 radical (unpaired) electrons. The number of nitrogens with one attached hydrogen (secondary N) is 1. The molecule has 34 heavy (non-hydrogen) atoms. The fourth-order valence-corrected chi connectivity index (χ4v) is 4.72. The lowest BCUT2D eigenvalue weighted by Gasteiger charge is -2.25. The number of esters is 1. The highest BCUT2D eigenvalue weighted by Crippen LogP contribution is 2.36. The first-order valence-corrected chi connectivity index (χ1v) is 11.7. The Morgan fingerprint density at radius 2 is 1.97 bits per heavy atom. The van der Waals surface area contributed by atoms with Crippen molar-refractivity contribution in [2.24, 2.45) is 0 Å². The Hall–Kier alpha value is -3.61. The van der Waals surface area contributed by atoms with Gasteiger partial charge in [0.15, 0.2) is 0 Å². The number of benzene rings is 2. The molecule has 1 aliphatic carbocycles. The van der Waals surface area contributed by atoms with Crippen molar-refractivity contribution in [3.05, 3.63) is 75.2 Å². The van der Waals surface area contributed by atoms with E-state index in [2.05, 4.69) is 5.32 Å². The van der Waals surface area contributed by atoms with E-state index in [0.29, 0.717) is 36.6 Å². The average molecular weight is 462 g/mol. The number of anilines is 1. The van der Waals surface area contributed by atoms with Crippen molar-refractivity contribution in [3.8, 4) is 17.1 Å². The molecule has 7 heteroatoms. The largest absolute Gasteiger partial charge is 0.497 e. The molecule has 1 heterocycles. The van der Waals surface area contributed by atoms with Crippen molar-refractivity contribution >= 4 is 11.7 Å². The molecular formula is C27H31N3O4. The number of hydrogen-bond donors (Lipinski definition) is 1. The summed E-state index contributed by atoms with van der Waals surface area (Å²) in [5.74, 6) is 1.06. The summed E-state index contributed by atoms with van der Waals surface area (Å²) < 4.78 is 12.7. The molecule has 0 saturated heterocycles. The van der Waals surface area contributed by atoms with Crippen molar-refractivity contribution in [2.45, 2.75) is 59.2 Å². The molecule has 0 aliphatic heterocycles. The van der Waals surface area contributed by atoms with E-state index in [-0.39, 0.29) is 17.6 Å². The van der Waals surface area contributed by atoms with Gasteiger partial charge in [0.05, 0.1) is 18.8 Å². The normalized spacial score (nSPS) is 16.7. The van der Waals surface area contributed by atoms with E-state index in [1.807, 2.05) is 63.2 Å². The lowest BCUT2D eigenvalue weighted by atomic mass is 10.1. The molecule has 1 aliphatic rings. The predicted octanol–water partition coefficient (Wildman–Crippen LogP) is 4.45. The summed E-state index contributed by atoms with van der Waals surface area (Å²) in [5, 5.41) is 3.43. The maximum Gasteiger partial charge on any atom is 0.302 e. The zero-order valence-electron chi connectivity index (χ0n) is 20.3. The molecule has 178 valence electrons. The summed E-state index contributed by atoms with van der Waals surface area (Å²) in [5.41, 5.74) is 5.03. The maximum atomic E-state index is 13.8. The molecule has 1 N–H and O–H groups in total. The van der Waals surface area contributed by atoms with Crippen molar-refractivity contribution < 1.29 is 14.3 Å². The van der Waals surface area contributed by atoms with E-state index in [1.165, 1.54) is 6.92 Å². The third kappa shape index (κ3) is 4.30. The smallest absolute Gasteiger partial charge is 0.302 e. The van der Waals surface area contributed by atoms with E-state index >= 15 is 0 Å². The molecule has 2 aromatic carbocycles. The predicted molar refractivity (Wildman–Crippen MR) is 132 cm³/mol. The molecule has 3 aromatic rings. The Morgan fingerprint density at radius 3 is 2.62 bits per heavy atom. The monoisotopic (exact) mass is 461 g/mol. The Labute approximate surface area is 199 Å². The second kappa shape index (κ2) is 9.71. The summed E-state index contributed by atoms with van der Waals surface area (Å²) >= 11 is 0. The number of methoxy groups -OCH3 is 1. The van der Waals surface area contributed by atoms with Crippen LogP contribution in [-0.2, 0) is 28.9 Å². The van der Waals surface area contributed by atoms with Crippen LogP contribution in [0, 0.1) is 6.92 Å². The van der Waals surface area contributed by atoms with Crippen LogP contribution in [0.4, 0.5) is 5.69 Å². The summed E-state index contributed by atoms with van der Waals surface area (Å²) in [4.78, 5) is 30.5. The fourth-order valence-electron chi connectivity index (χ4n) is 4.72. The number of hydrogen-bond acceptors (Lipinski definition) is 6. The maximum absolute atomic E-state index is 13.8. The van der Waals surface area contributed by atoms with Gasteiger partial charge < -0.3 is 14.8 Å². The van der Waals surface area contributed by atoms with E-state index in [4.69, 9.17) is 14.5 Å². The molecule has 4 rings (SSSR count). The molecule has 0 bridgehead atoms. The minimum atomic E-state index is -0.391. The molecule has 1 aromatic heterocycles. The van der Waals surface area contributed by atoms with Crippen LogP contribution < -0.4 is 15.6 Å².